The van der Waals surface area contributed by atoms with Crippen molar-refractivity contribution >= 4 is 23.5 Å². The first-order chi connectivity index (χ1) is 14.1. The van der Waals surface area contributed by atoms with Crippen molar-refractivity contribution in [2.24, 2.45) is 0 Å². The van der Waals surface area contributed by atoms with Gasteiger partial charge in [-0.25, -0.2) is 4.79 Å². The number of imide groups is 1. The third-order valence-corrected chi connectivity index (χ3v) is 4.91. The van der Waals surface area contributed by atoms with Gasteiger partial charge < -0.3 is 9.84 Å². The highest BCUT2D eigenvalue weighted by molar-refractivity contribution is 6.32. The van der Waals surface area contributed by atoms with Crippen LogP contribution in [0.1, 0.15) is 18.4 Å². The summed E-state index contributed by atoms with van der Waals surface area (Å²) in [6, 6.07) is 1.01. The van der Waals surface area contributed by atoms with Gasteiger partial charge in [0.1, 0.15) is 11.4 Å². The van der Waals surface area contributed by atoms with Crippen LogP contribution in [0, 0.1) is 0 Å². The third-order valence-electron chi connectivity index (χ3n) is 4.62. The van der Waals surface area contributed by atoms with Gasteiger partial charge in [-0.2, -0.15) is 26.3 Å². The Bertz CT molecular complexity index is 873. The fourth-order valence-corrected chi connectivity index (χ4v) is 3.00. The van der Waals surface area contributed by atoms with E-state index in [0.29, 0.717) is 25.0 Å². The van der Waals surface area contributed by atoms with Crippen LogP contribution in [0.25, 0.3) is 0 Å². The van der Waals surface area contributed by atoms with Gasteiger partial charge in [-0.1, -0.05) is 24.2 Å². The van der Waals surface area contributed by atoms with E-state index in [9.17, 15) is 41.0 Å². The van der Waals surface area contributed by atoms with Crippen molar-refractivity contribution in [3.8, 4) is 5.75 Å². The molecule has 0 radical (unpaired) electrons. The molecule has 1 aromatic carbocycles. The number of alkyl halides is 6. The van der Waals surface area contributed by atoms with E-state index in [1.165, 1.54) is 7.05 Å². The molecule has 0 spiro atoms. The van der Waals surface area contributed by atoms with Crippen molar-refractivity contribution in [2.75, 3.05) is 20.2 Å². The highest BCUT2D eigenvalue weighted by atomic mass is 35.5. The van der Waals surface area contributed by atoms with Crippen molar-refractivity contribution in [3.63, 3.8) is 0 Å². The molecule has 0 unspecified atom stereocenters. The summed E-state index contributed by atoms with van der Waals surface area (Å²) in [5.74, 6) is -0.729. The number of rotatable bonds is 7. The zero-order valence-corrected chi connectivity index (χ0v) is 16.7. The molecule has 0 aromatic heterocycles. The van der Waals surface area contributed by atoms with Gasteiger partial charge >= 0.3 is 18.4 Å². The first kappa shape index (κ1) is 24.8. The van der Waals surface area contributed by atoms with Crippen LogP contribution in [-0.2, 0) is 10.4 Å². The zero-order valence-electron chi connectivity index (χ0n) is 16.0. The minimum atomic E-state index is -6.03. The normalized spacial score (nSPS) is 15.8. The predicted octanol–water partition coefficient (Wildman–Crippen LogP) is 4.22. The van der Waals surface area contributed by atoms with E-state index in [1.54, 1.807) is 0 Å². The average molecular weight is 475 g/mol. The van der Waals surface area contributed by atoms with E-state index in [1.807, 2.05) is 0 Å². The molecule has 1 heterocycles. The molecule has 1 aliphatic heterocycles. The Balaban J connectivity index is 1.98. The average Bonchev–Trinajstić information content (AvgIpc) is 2.83. The molecule has 0 aliphatic carbocycles. The smallest absolute Gasteiger partial charge is 0.430 e. The molecule has 0 saturated carbocycles. The van der Waals surface area contributed by atoms with Crippen LogP contribution in [0.2, 0.25) is 5.02 Å². The zero-order chi connectivity index (χ0) is 23.8. The maximum atomic E-state index is 12.9. The molecule has 1 N–H and O–H groups in total. The number of carbonyl (C=O) groups excluding carboxylic acids is 2. The van der Waals surface area contributed by atoms with Crippen LogP contribution in [0.15, 0.2) is 30.5 Å². The number of likely N-dealkylation sites (N-methyl/N-ethyl adjacent to an activating group) is 1. The number of halogens is 7. The number of amides is 3. The molecule has 1 saturated heterocycles. The van der Waals surface area contributed by atoms with Crippen LogP contribution in [0.5, 0.6) is 5.75 Å². The lowest BCUT2D eigenvalue weighted by Crippen LogP contribution is -2.53. The standard InChI is InChI=1S/C18H17ClF6N2O4/c1-10-14(28)27(15(29)26(10)2)7-3-4-8-31-13-6-5-11(9-12(13)19)16(30,17(20,21)22)18(23,24)25/h5-6,9,30H,1,3-4,7-8H2,2H3. The Morgan fingerprint density at radius 1 is 1.10 bits per heavy atom. The van der Waals surface area contributed by atoms with Gasteiger partial charge in [0.25, 0.3) is 11.5 Å². The Kier molecular flexibility index (Phi) is 6.86. The first-order valence-corrected chi connectivity index (χ1v) is 9.07. The monoisotopic (exact) mass is 474 g/mol. The maximum Gasteiger partial charge on any atom is 0.430 e. The number of hydrogen-bond donors (Lipinski definition) is 1. The Morgan fingerprint density at radius 2 is 1.68 bits per heavy atom. The fraction of sp³-hybridized carbons (Fsp3) is 0.444. The summed E-state index contributed by atoms with van der Waals surface area (Å²) in [5, 5.41) is 8.82. The number of urea groups is 1. The molecule has 1 aromatic rings. The van der Waals surface area contributed by atoms with Gasteiger partial charge in [0.15, 0.2) is 0 Å². The Labute approximate surface area is 177 Å². The SMILES string of the molecule is C=C1C(=O)N(CCCCOc2ccc(C(O)(C(F)(F)F)C(F)(F)F)cc2Cl)C(=O)N1C. The van der Waals surface area contributed by atoms with Crippen molar-refractivity contribution in [1.29, 1.82) is 0 Å². The van der Waals surface area contributed by atoms with E-state index < -0.39 is 40.5 Å². The summed E-state index contributed by atoms with van der Waals surface area (Å²) in [6.07, 6.45) is -11.4. The van der Waals surface area contributed by atoms with E-state index >= 15 is 0 Å². The second kappa shape index (κ2) is 8.58. The summed E-state index contributed by atoms with van der Waals surface area (Å²) < 4.78 is 82.8. The van der Waals surface area contributed by atoms with Crippen LogP contribution < -0.4 is 4.74 Å². The van der Waals surface area contributed by atoms with Gasteiger partial charge in [0.2, 0.25) is 0 Å². The minimum Gasteiger partial charge on any atom is -0.492 e. The number of unbranched alkanes of at least 4 members (excludes halogenated alkanes) is 1. The summed E-state index contributed by atoms with van der Waals surface area (Å²) in [7, 11) is 1.40. The molecule has 172 valence electrons. The number of nitrogens with zero attached hydrogens (tertiary/aromatic N) is 2. The second-order valence-corrected chi connectivity index (χ2v) is 7.06. The second-order valence-electron chi connectivity index (χ2n) is 6.65. The topological polar surface area (TPSA) is 70.1 Å². The summed E-state index contributed by atoms with van der Waals surface area (Å²) in [4.78, 5) is 25.8. The molecule has 1 aliphatic rings. The van der Waals surface area contributed by atoms with Crippen molar-refractivity contribution < 1.29 is 45.8 Å². The van der Waals surface area contributed by atoms with Crippen molar-refractivity contribution in [1.82, 2.24) is 9.80 Å². The molecule has 3 amide bonds. The van der Waals surface area contributed by atoms with Gasteiger partial charge in [-0.3, -0.25) is 14.6 Å². The van der Waals surface area contributed by atoms with Gasteiger partial charge in [0, 0.05) is 19.2 Å². The van der Waals surface area contributed by atoms with Crippen molar-refractivity contribution in [3.05, 3.63) is 41.1 Å². The lowest BCUT2D eigenvalue weighted by atomic mass is 9.92. The predicted molar refractivity (Wildman–Crippen MR) is 96.2 cm³/mol. The third kappa shape index (κ3) is 4.59. The minimum absolute atomic E-state index is 0.0331. The van der Waals surface area contributed by atoms with Crippen LogP contribution in [-0.4, -0.2) is 59.4 Å². The Morgan fingerprint density at radius 3 is 2.13 bits per heavy atom. The number of aliphatic hydroxyl groups is 1. The lowest BCUT2D eigenvalue weighted by molar-refractivity contribution is -0.376. The van der Waals surface area contributed by atoms with Gasteiger partial charge in [0.05, 0.1) is 11.6 Å². The number of carbonyl (C=O) groups is 2. The quantitative estimate of drug-likeness (QED) is 0.278. The van der Waals surface area contributed by atoms with E-state index in [0.717, 1.165) is 15.9 Å². The van der Waals surface area contributed by atoms with Crippen LogP contribution >= 0.6 is 11.6 Å². The molecule has 13 heteroatoms. The summed E-state index contributed by atoms with van der Waals surface area (Å²) in [6.45, 7) is 3.51. The molecule has 6 nitrogen and oxygen atoms in total. The largest absolute Gasteiger partial charge is 0.492 e. The summed E-state index contributed by atoms with van der Waals surface area (Å²) in [5.41, 5.74) is -6.56. The molecular weight excluding hydrogens is 458 g/mol. The van der Waals surface area contributed by atoms with Gasteiger partial charge in [-0.05, 0) is 25.0 Å². The lowest BCUT2D eigenvalue weighted by Gasteiger charge is -2.32. The van der Waals surface area contributed by atoms with Crippen LogP contribution in [0.3, 0.4) is 0 Å². The first-order valence-electron chi connectivity index (χ1n) is 8.70. The molecule has 0 atom stereocenters. The number of benzene rings is 1. The molecular formula is C18H17ClF6N2O4. The highest BCUT2D eigenvalue weighted by Crippen LogP contribution is 2.50. The van der Waals surface area contributed by atoms with Crippen LogP contribution in [0.4, 0.5) is 31.1 Å². The number of ether oxygens (including phenoxy) is 1. The molecule has 1 fully saturated rings. The van der Waals surface area contributed by atoms with Gasteiger partial charge in [-0.15, -0.1) is 0 Å². The maximum absolute atomic E-state index is 12.9. The molecule has 0 bridgehead atoms. The van der Waals surface area contributed by atoms with E-state index in [4.69, 9.17) is 16.3 Å². The number of hydrogen-bond acceptors (Lipinski definition) is 4. The molecule has 31 heavy (non-hydrogen) atoms. The van der Waals surface area contributed by atoms with E-state index in [-0.39, 0.29) is 24.6 Å². The fourth-order valence-electron chi connectivity index (χ4n) is 2.76. The summed E-state index contributed by atoms with van der Waals surface area (Å²) >= 11 is 5.74. The Hall–Kier alpha value is -2.47. The highest BCUT2D eigenvalue weighted by Gasteiger charge is 2.71. The van der Waals surface area contributed by atoms with Crippen molar-refractivity contribution in [2.45, 2.75) is 30.8 Å². The molecule has 2 rings (SSSR count). The van der Waals surface area contributed by atoms with E-state index in [2.05, 4.69) is 6.58 Å².